The predicted octanol–water partition coefficient (Wildman–Crippen LogP) is 4.71. The van der Waals surface area contributed by atoms with Crippen LogP contribution in [0.15, 0.2) is 126 Å². The maximum absolute atomic E-state index is 16.4. The molecule has 0 unspecified atom stereocenters. The van der Waals surface area contributed by atoms with E-state index in [1.165, 1.54) is 0 Å². The van der Waals surface area contributed by atoms with E-state index in [0.717, 1.165) is 18.8 Å². The molecule has 0 aliphatic rings. The summed E-state index contributed by atoms with van der Waals surface area (Å²) in [5.74, 6) is 0. The number of benzene rings is 4. The molecule has 0 heterocycles. The van der Waals surface area contributed by atoms with Gasteiger partial charge in [0.05, 0.1) is 0 Å². The normalized spacial score (nSPS) is 12.0. The Morgan fingerprint density at radius 1 is 0.500 bits per heavy atom. The zero-order valence-electron chi connectivity index (χ0n) is 15.5. The molecule has 4 aromatic carbocycles. The van der Waals surface area contributed by atoms with Crippen LogP contribution in [0, 0.1) is 0 Å². The fourth-order valence-electron chi connectivity index (χ4n) is 3.78. The first-order chi connectivity index (χ1) is 13.8. The van der Waals surface area contributed by atoms with Gasteiger partial charge in [-0.25, -0.2) is 0 Å². The first-order valence-electron chi connectivity index (χ1n) is 9.41. The number of hydrogen-bond acceptors (Lipinski definition) is 0. The van der Waals surface area contributed by atoms with Gasteiger partial charge < -0.3 is 0 Å². The van der Waals surface area contributed by atoms with E-state index < -0.39 is 13.3 Å². The molecule has 0 bridgehead atoms. The molecule has 0 N–H and O–H groups in total. The summed E-state index contributed by atoms with van der Waals surface area (Å²) in [5.41, 5.74) is 0.887. The Kier molecular flexibility index (Phi) is 5.54. The van der Waals surface area contributed by atoms with Crippen molar-refractivity contribution < 1.29 is 4.39 Å². The summed E-state index contributed by atoms with van der Waals surface area (Å²) in [6, 6.07) is 40.3. The van der Waals surface area contributed by atoms with Crippen molar-refractivity contribution in [2.45, 2.75) is 0 Å². The maximum atomic E-state index is 16.4. The Morgan fingerprint density at radius 2 is 0.821 bits per heavy atom. The fourth-order valence-corrected chi connectivity index (χ4v) is 12.8. The molecule has 2 heteroatoms. The zero-order valence-corrected chi connectivity index (χ0v) is 17.6. The van der Waals surface area contributed by atoms with Crippen LogP contribution in [0.5, 0.6) is 0 Å². The Morgan fingerprint density at radius 3 is 1.18 bits per heavy atom. The van der Waals surface area contributed by atoms with Gasteiger partial charge in [0.25, 0.3) is 0 Å². The van der Waals surface area contributed by atoms with Crippen LogP contribution < -0.4 is 13.2 Å². The Bertz CT molecular complexity index is 946. The van der Waals surface area contributed by atoms with Gasteiger partial charge in [-0.1, -0.05) is 0 Å². The van der Waals surface area contributed by atoms with E-state index in [9.17, 15) is 0 Å². The van der Waals surface area contributed by atoms with Crippen LogP contribution in [-0.2, 0) is 0 Å². The Hall–Kier alpha value is -2.91. The summed E-state index contributed by atoms with van der Waals surface area (Å²) in [4.78, 5) is 0. The topological polar surface area (TPSA) is 0 Å². The molecule has 0 saturated carbocycles. The molecule has 136 valence electrons. The molecule has 0 amide bonds. The molecule has 0 aliphatic heterocycles. The molecule has 0 saturated heterocycles. The van der Waals surface area contributed by atoms with Crippen molar-refractivity contribution in [2.75, 3.05) is 0 Å². The summed E-state index contributed by atoms with van der Waals surface area (Å²) in [6.45, 7) is 0. The number of rotatable bonds is 5. The second-order valence-corrected chi connectivity index (χ2v) is 14.5. The fraction of sp³-hybridized carbons (Fsp3) is 0. The molecular formula is C26H21FGe. The zero-order chi connectivity index (χ0) is 19.2. The van der Waals surface area contributed by atoms with Crippen molar-refractivity contribution in [3.63, 3.8) is 0 Å². The summed E-state index contributed by atoms with van der Waals surface area (Å²) in [5, 5.41) is 0. The molecule has 0 aromatic heterocycles. The Labute approximate surface area is 168 Å². The minimum atomic E-state index is -3.72. The van der Waals surface area contributed by atoms with Crippen LogP contribution >= 0.6 is 0 Å². The van der Waals surface area contributed by atoms with Crippen molar-refractivity contribution in [3.8, 4) is 0 Å². The van der Waals surface area contributed by atoms with Crippen LogP contribution in [0.2, 0.25) is 0 Å². The van der Waals surface area contributed by atoms with Gasteiger partial charge in [0.1, 0.15) is 0 Å². The second kappa shape index (κ2) is 8.41. The van der Waals surface area contributed by atoms with E-state index in [1.54, 1.807) is 6.08 Å². The number of halogens is 1. The van der Waals surface area contributed by atoms with Gasteiger partial charge >= 0.3 is 168 Å². The third kappa shape index (κ3) is 3.46. The minimum absolute atomic E-state index is 0.0187. The predicted molar refractivity (Wildman–Crippen MR) is 120 cm³/mol. The molecule has 0 fully saturated rings. The van der Waals surface area contributed by atoms with E-state index in [2.05, 4.69) is 36.4 Å². The average Bonchev–Trinajstić information content (AvgIpc) is 2.77. The molecule has 28 heavy (non-hydrogen) atoms. The van der Waals surface area contributed by atoms with Crippen molar-refractivity contribution >= 4 is 32.5 Å². The van der Waals surface area contributed by atoms with Crippen molar-refractivity contribution in [1.82, 2.24) is 0 Å². The molecule has 0 radical (unpaired) electrons. The molecule has 0 spiro atoms. The quantitative estimate of drug-likeness (QED) is 0.407. The van der Waals surface area contributed by atoms with E-state index in [4.69, 9.17) is 0 Å². The number of hydrogen-bond donors (Lipinski definition) is 0. The summed E-state index contributed by atoms with van der Waals surface area (Å²) >= 11 is -3.72. The molecule has 4 aromatic rings. The van der Waals surface area contributed by atoms with Crippen molar-refractivity contribution in [1.29, 1.82) is 0 Å². The van der Waals surface area contributed by atoms with Gasteiger partial charge in [0.2, 0.25) is 0 Å². The first kappa shape index (κ1) is 18.5. The monoisotopic (exact) mass is 426 g/mol. The van der Waals surface area contributed by atoms with Gasteiger partial charge in [0, 0.05) is 0 Å². The summed E-state index contributed by atoms with van der Waals surface area (Å²) < 4.78 is 19.7. The van der Waals surface area contributed by atoms with Crippen LogP contribution in [0.25, 0.3) is 6.08 Å². The molecule has 0 aliphatic carbocycles. The van der Waals surface area contributed by atoms with Crippen LogP contribution in [0.1, 0.15) is 5.56 Å². The van der Waals surface area contributed by atoms with Gasteiger partial charge in [-0.05, 0) is 0 Å². The van der Waals surface area contributed by atoms with Gasteiger partial charge in [-0.3, -0.25) is 0 Å². The van der Waals surface area contributed by atoms with Gasteiger partial charge in [-0.15, -0.1) is 0 Å². The Balaban J connectivity index is 2.06. The standard InChI is InChI=1S/C26H21FGe/c27-26(21-22-13-5-1-6-14-22)28(23-15-7-2-8-16-23,24-17-9-3-10-18-24)25-19-11-4-12-20-25/h1-21H/b26-21+. The second-order valence-electron chi connectivity index (χ2n) is 6.75. The average molecular weight is 425 g/mol. The van der Waals surface area contributed by atoms with Gasteiger partial charge in [0.15, 0.2) is 0 Å². The van der Waals surface area contributed by atoms with Crippen molar-refractivity contribution in [3.05, 3.63) is 132 Å². The van der Waals surface area contributed by atoms with Crippen LogP contribution in [0.4, 0.5) is 4.39 Å². The summed E-state index contributed by atoms with van der Waals surface area (Å²) in [6.07, 6.45) is 1.73. The van der Waals surface area contributed by atoms with E-state index in [1.807, 2.05) is 84.9 Å². The molecule has 0 atom stereocenters. The summed E-state index contributed by atoms with van der Waals surface area (Å²) in [7, 11) is 0. The SMILES string of the molecule is F/[C](=C\c1ccccc1)[Ge]([c]1ccccc1)([c]1ccccc1)[c]1ccccc1. The third-order valence-electron chi connectivity index (χ3n) is 5.07. The molecule has 4 rings (SSSR count). The van der Waals surface area contributed by atoms with Crippen LogP contribution in [-0.4, -0.2) is 13.3 Å². The van der Waals surface area contributed by atoms with Crippen molar-refractivity contribution in [2.24, 2.45) is 0 Å². The van der Waals surface area contributed by atoms with E-state index in [0.29, 0.717) is 0 Å². The first-order valence-corrected chi connectivity index (χ1v) is 13.6. The van der Waals surface area contributed by atoms with Gasteiger partial charge in [-0.2, -0.15) is 0 Å². The van der Waals surface area contributed by atoms with E-state index in [-0.39, 0.29) is 4.66 Å². The molecular weight excluding hydrogens is 404 g/mol. The van der Waals surface area contributed by atoms with E-state index >= 15 is 4.39 Å². The molecule has 0 nitrogen and oxygen atoms in total. The third-order valence-corrected chi connectivity index (χ3v) is 14.4. The van der Waals surface area contributed by atoms with Crippen LogP contribution in [0.3, 0.4) is 0 Å².